The van der Waals surface area contributed by atoms with E-state index in [1.54, 1.807) is 27.4 Å². The second-order valence-corrected chi connectivity index (χ2v) is 6.57. The molecule has 0 heterocycles. The molecule has 2 N–H and O–H groups in total. The second-order valence-electron chi connectivity index (χ2n) is 6.57. The molecule has 0 aliphatic carbocycles. The lowest BCUT2D eigenvalue weighted by molar-refractivity contribution is 0.322. The smallest absolute Gasteiger partial charge is 0.203 e. The van der Waals surface area contributed by atoms with Crippen LogP contribution in [0, 0.1) is 0 Å². The number of hydrogen-bond donors (Lipinski definition) is 2. The molecule has 0 aliphatic heterocycles. The highest BCUT2D eigenvalue weighted by Crippen LogP contribution is 2.39. The number of para-hydroxylation sites is 1. The van der Waals surface area contributed by atoms with Crippen LogP contribution in [0.1, 0.15) is 18.1 Å². The minimum atomic E-state index is 0.464. The van der Waals surface area contributed by atoms with Crippen LogP contribution in [0.5, 0.6) is 23.0 Å². The zero-order valence-corrected chi connectivity index (χ0v) is 18.9. The summed E-state index contributed by atoms with van der Waals surface area (Å²) in [6.07, 6.45) is 2.46. The zero-order chi connectivity index (χ0) is 22.5. The third-order valence-corrected chi connectivity index (χ3v) is 4.55. The van der Waals surface area contributed by atoms with Crippen molar-refractivity contribution in [1.29, 1.82) is 0 Å². The van der Waals surface area contributed by atoms with Crippen LogP contribution in [0.3, 0.4) is 0 Å². The summed E-state index contributed by atoms with van der Waals surface area (Å²) in [6.45, 7) is 8.14. The Bertz CT molecular complexity index is 868. The van der Waals surface area contributed by atoms with E-state index in [2.05, 4.69) is 17.2 Å². The number of methoxy groups -OCH3 is 3. The van der Waals surface area contributed by atoms with E-state index in [4.69, 9.17) is 23.9 Å². The van der Waals surface area contributed by atoms with Gasteiger partial charge in [0.25, 0.3) is 0 Å². The monoisotopic (exact) mass is 427 g/mol. The van der Waals surface area contributed by atoms with Gasteiger partial charge in [0, 0.05) is 24.2 Å². The normalized spacial score (nSPS) is 10.9. The lowest BCUT2D eigenvalue weighted by Gasteiger charge is -2.17. The van der Waals surface area contributed by atoms with Gasteiger partial charge in [-0.3, -0.25) is 0 Å². The summed E-state index contributed by atoms with van der Waals surface area (Å²) in [5.41, 5.74) is 2.04. The maximum absolute atomic E-state index is 5.72. The van der Waals surface area contributed by atoms with Gasteiger partial charge in [-0.05, 0) is 25.5 Å². The van der Waals surface area contributed by atoms with Gasteiger partial charge in [-0.1, -0.05) is 36.9 Å². The van der Waals surface area contributed by atoms with E-state index in [9.17, 15) is 0 Å². The molecule has 31 heavy (non-hydrogen) atoms. The molecule has 0 amide bonds. The topological polar surface area (TPSA) is 73.3 Å². The van der Waals surface area contributed by atoms with Crippen molar-refractivity contribution in [2.75, 3.05) is 41.0 Å². The minimum absolute atomic E-state index is 0.464. The van der Waals surface area contributed by atoms with Gasteiger partial charge in [0.15, 0.2) is 17.5 Å². The summed E-state index contributed by atoms with van der Waals surface area (Å²) in [7, 11) is 4.85. The molecule has 7 heteroatoms. The van der Waals surface area contributed by atoms with Crippen LogP contribution < -0.4 is 29.6 Å². The molecule has 0 fully saturated rings. The van der Waals surface area contributed by atoms with Crippen molar-refractivity contribution < 1.29 is 18.9 Å². The first-order chi connectivity index (χ1) is 15.2. The fourth-order valence-electron chi connectivity index (χ4n) is 3.11. The summed E-state index contributed by atoms with van der Waals surface area (Å²) in [5.74, 6) is 3.47. The number of ether oxygens (including phenoxy) is 4. The Morgan fingerprint density at radius 2 is 1.71 bits per heavy atom. The quantitative estimate of drug-likeness (QED) is 0.306. The molecule has 2 aromatic rings. The molecule has 7 nitrogen and oxygen atoms in total. The molecule has 0 saturated heterocycles. The maximum atomic E-state index is 5.72. The van der Waals surface area contributed by atoms with Gasteiger partial charge < -0.3 is 29.6 Å². The number of guanidine groups is 1. The number of hydrogen-bond acceptors (Lipinski definition) is 5. The highest BCUT2D eigenvalue weighted by atomic mass is 16.5. The first-order valence-corrected chi connectivity index (χ1v) is 10.3. The van der Waals surface area contributed by atoms with Gasteiger partial charge in [-0.2, -0.15) is 0 Å². The van der Waals surface area contributed by atoms with Crippen molar-refractivity contribution in [2.24, 2.45) is 4.99 Å². The molecule has 0 unspecified atom stereocenters. The summed E-state index contributed by atoms with van der Waals surface area (Å²) in [6, 6.07) is 11.8. The van der Waals surface area contributed by atoms with Crippen LogP contribution in [-0.2, 0) is 13.0 Å². The van der Waals surface area contributed by atoms with Crippen LogP contribution in [0.2, 0.25) is 0 Å². The Kier molecular flexibility index (Phi) is 10.1. The van der Waals surface area contributed by atoms with E-state index < -0.39 is 0 Å². The summed E-state index contributed by atoms with van der Waals surface area (Å²) < 4.78 is 22.1. The zero-order valence-electron chi connectivity index (χ0n) is 18.9. The van der Waals surface area contributed by atoms with Gasteiger partial charge in [-0.15, -0.1) is 0 Å². The molecule has 0 bridgehead atoms. The van der Waals surface area contributed by atoms with Crippen molar-refractivity contribution in [1.82, 2.24) is 10.6 Å². The van der Waals surface area contributed by atoms with Gasteiger partial charge >= 0.3 is 0 Å². The molecule has 0 spiro atoms. The third kappa shape index (κ3) is 6.84. The Morgan fingerprint density at radius 1 is 0.935 bits per heavy atom. The summed E-state index contributed by atoms with van der Waals surface area (Å²) in [4.78, 5) is 4.70. The van der Waals surface area contributed by atoms with E-state index in [0.29, 0.717) is 36.9 Å². The number of nitrogens with zero attached hydrogens (tertiary/aromatic N) is 1. The van der Waals surface area contributed by atoms with Crippen molar-refractivity contribution in [3.63, 3.8) is 0 Å². The van der Waals surface area contributed by atoms with Gasteiger partial charge in [0.05, 0.1) is 27.9 Å². The Labute approximate surface area is 185 Å². The largest absolute Gasteiger partial charge is 0.493 e. The number of aliphatic imine (C=N–C) groups is 1. The van der Waals surface area contributed by atoms with Gasteiger partial charge in [-0.25, -0.2) is 4.99 Å². The summed E-state index contributed by atoms with van der Waals surface area (Å²) in [5, 5.41) is 6.65. The molecule has 0 aromatic heterocycles. The van der Waals surface area contributed by atoms with Gasteiger partial charge in [0.1, 0.15) is 12.4 Å². The molecular formula is C24H33N3O4. The first kappa shape index (κ1) is 23.9. The average Bonchev–Trinajstić information content (AvgIpc) is 2.81. The van der Waals surface area contributed by atoms with Crippen LogP contribution in [0.15, 0.2) is 54.0 Å². The molecular weight excluding hydrogens is 394 g/mol. The molecule has 2 aromatic carbocycles. The van der Waals surface area contributed by atoms with E-state index in [-0.39, 0.29) is 0 Å². The molecule has 0 atom stereocenters. The van der Waals surface area contributed by atoms with Crippen LogP contribution in [-0.4, -0.2) is 47.0 Å². The van der Waals surface area contributed by atoms with Crippen LogP contribution >= 0.6 is 0 Å². The Hall–Kier alpha value is -3.35. The van der Waals surface area contributed by atoms with E-state index in [1.807, 2.05) is 43.3 Å². The summed E-state index contributed by atoms with van der Waals surface area (Å²) >= 11 is 0. The van der Waals surface area contributed by atoms with Crippen molar-refractivity contribution >= 4 is 5.96 Å². The van der Waals surface area contributed by atoms with Crippen LogP contribution in [0.4, 0.5) is 0 Å². The maximum Gasteiger partial charge on any atom is 0.203 e. The third-order valence-electron chi connectivity index (χ3n) is 4.55. The van der Waals surface area contributed by atoms with Gasteiger partial charge in [0.2, 0.25) is 5.75 Å². The highest BCUT2D eigenvalue weighted by Gasteiger charge is 2.15. The Balaban J connectivity index is 2.06. The Morgan fingerprint density at radius 3 is 2.39 bits per heavy atom. The first-order valence-electron chi connectivity index (χ1n) is 10.3. The number of rotatable bonds is 12. The molecule has 0 aliphatic rings. The molecule has 2 rings (SSSR count). The van der Waals surface area contributed by atoms with E-state index in [0.717, 1.165) is 35.8 Å². The fourth-order valence-corrected chi connectivity index (χ4v) is 3.11. The molecule has 0 radical (unpaired) electrons. The lowest BCUT2D eigenvalue weighted by Crippen LogP contribution is -2.38. The van der Waals surface area contributed by atoms with Crippen molar-refractivity contribution in [3.05, 3.63) is 60.2 Å². The molecule has 168 valence electrons. The average molecular weight is 428 g/mol. The van der Waals surface area contributed by atoms with E-state index in [1.165, 1.54) is 0 Å². The van der Waals surface area contributed by atoms with E-state index >= 15 is 0 Å². The van der Waals surface area contributed by atoms with Crippen molar-refractivity contribution in [2.45, 2.75) is 19.9 Å². The van der Waals surface area contributed by atoms with Crippen molar-refractivity contribution in [3.8, 4) is 23.0 Å². The number of nitrogens with one attached hydrogen (secondary N) is 2. The predicted molar refractivity (Wildman–Crippen MR) is 125 cm³/mol. The minimum Gasteiger partial charge on any atom is -0.493 e. The second kappa shape index (κ2) is 13.1. The SMILES string of the molecule is C=CCOc1ccccc1CN=C(NCC)NCCc1ccc(OC)c(OC)c1OC. The van der Waals surface area contributed by atoms with Crippen LogP contribution in [0.25, 0.3) is 0 Å². The predicted octanol–water partition coefficient (Wildman–Crippen LogP) is 3.58. The standard InChI is InChI=1S/C24H33N3O4/c1-6-16-31-20-11-9-8-10-19(20)17-27-24(25-7-2)26-15-14-18-12-13-21(28-3)23(30-5)22(18)29-4/h6,8-13H,1,7,14-17H2,2-5H3,(H2,25,26,27). The lowest BCUT2D eigenvalue weighted by atomic mass is 10.1. The highest BCUT2D eigenvalue weighted by molar-refractivity contribution is 5.79. The molecule has 0 saturated carbocycles. The number of benzene rings is 2. The fraction of sp³-hybridized carbons (Fsp3) is 0.375.